The first kappa shape index (κ1) is 26.3. The van der Waals surface area contributed by atoms with Crippen molar-refractivity contribution in [1.82, 2.24) is 19.4 Å². The number of nitrogens with zero attached hydrogens (tertiary/aromatic N) is 4. The predicted octanol–water partition coefficient (Wildman–Crippen LogP) is 6.54. The molecule has 1 fully saturated rings. The van der Waals surface area contributed by atoms with Crippen molar-refractivity contribution in [2.45, 2.75) is 78.4 Å². The molecular formula is C29H38F2N4O. The summed E-state index contributed by atoms with van der Waals surface area (Å²) in [7, 11) is 0. The van der Waals surface area contributed by atoms with Crippen molar-refractivity contribution < 1.29 is 13.6 Å². The molecule has 5 nitrogen and oxygen atoms in total. The van der Waals surface area contributed by atoms with E-state index in [2.05, 4.69) is 34.6 Å². The molecule has 2 heterocycles. The summed E-state index contributed by atoms with van der Waals surface area (Å²) in [6, 6.07) is 9.51. The van der Waals surface area contributed by atoms with E-state index in [0.717, 1.165) is 67.7 Å². The Morgan fingerprint density at radius 3 is 2.44 bits per heavy atom. The lowest BCUT2D eigenvalue weighted by atomic mass is 10.1. The van der Waals surface area contributed by atoms with Gasteiger partial charge in [0.25, 0.3) is 5.91 Å². The van der Waals surface area contributed by atoms with Crippen LogP contribution >= 0.6 is 0 Å². The highest BCUT2D eigenvalue weighted by Crippen LogP contribution is 2.23. The summed E-state index contributed by atoms with van der Waals surface area (Å²) in [6.45, 7) is 8.74. The van der Waals surface area contributed by atoms with Crippen molar-refractivity contribution in [2.24, 2.45) is 0 Å². The zero-order chi connectivity index (χ0) is 25.5. The summed E-state index contributed by atoms with van der Waals surface area (Å²) < 4.78 is 30.3. The molecule has 36 heavy (non-hydrogen) atoms. The Labute approximate surface area is 213 Å². The number of carbonyl (C=O) groups is 1. The third kappa shape index (κ3) is 6.30. The average Bonchev–Trinajstić information content (AvgIpc) is 3.18. The van der Waals surface area contributed by atoms with E-state index in [9.17, 15) is 13.6 Å². The largest absolute Gasteiger partial charge is 0.331 e. The summed E-state index contributed by atoms with van der Waals surface area (Å²) in [5.74, 6) is -1.07. The van der Waals surface area contributed by atoms with E-state index >= 15 is 0 Å². The number of imidazole rings is 1. The number of halogens is 2. The highest BCUT2D eigenvalue weighted by Gasteiger charge is 2.23. The number of likely N-dealkylation sites (tertiary alicyclic amines) is 1. The Morgan fingerprint density at radius 1 is 0.972 bits per heavy atom. The maximum absolute atomic E-state index is 14.4. The van der Waals surface area contributed by atoms with Gasteiger partial charge in [0.05, 0.1) is 23.1 Å². The van der Waals surface area contributed by atoms with Gasteiger partial charge in [0.1, 0.15) is 17.5 Å². The molecule has 1 saturated heterocycles. The average molecular weight is 497 g/mol. The van der Waals surface area contributed by atoms with Crippen LogP contribution in [0, 0.1) is 11.6 Å². The predicted molar refractivity (Wildman–Crippen MR) is 140 cm³/mol. The lowest BCUT2D eigenvalue weighted by molar-refractivity contribution is 0.0732. The van der Waals surface area contributed by atoms with Crippen LogP contribution in [-0.4, -0.2) is 44.9 Å². The van der Waals surface area contributed by atoms with Crippen LogP contribution in [0.2, 0.25) is 0 Å². The molecule has 4 rings (SSSR count). The fraction of sp³-hybridized carbons (Fsp3) is 0.517. The minimum Gasteiger partial charge on any atom is -0.331 e. The molecule has 7 heteroatoms. The van der Waals surface area contributed by atoms with Gasteiger partial charge in [0.15, 0.2) is 0 Å². The molecule has 0 unspecified atom stereocenters. The van der Waals surface area contributed by atoms with Crippen molar-refractivity contribution in [3.8, 4) is 0 Å². The van der Waals surface area contributed by atoms with Gasteiger partial charge in [-0.3, -0.25) is 9.69 Å². The van der Waals surface area contributed by atoms with E-state index in [1.807, 2.05) is 6.92 Å². The standard InChI is InChI=1S/C29H38F2N4O/c1-3-14-34(29(36)24-19-23(30)11-12-25(24)31)21-28-32-26-18-22(10-13-27(26)35(28)15-4-2)20-33-16-8-6-5-7-9-17-33/h10-13,18-19H,3-9,14-17,20-21H2,1-2H3. The molecule has 1 aliphatic heterocycles. The zero-order valence-electron chi connectivity index (χ0n) is 21.6. The van der Waals surface area contributed by atoms with Crippen LogP contribution < -0.4 is 0 Å². The van der Waals surface area contributed by atoms with Crippen LogP contribution in [-0.2, 0) is 19.6 Å². The van der Waals surface area contributed by atoms with Gasteiger partial charge in [-0.1, -0.05) is 39.2 Å². The third-order valence-electron chi connectivity index (χ3n) is 6.97. The number of benzene rings is 2. The second-order valence-electron chi connectivity index (χ2n) is 9.90. The maximum atomic E-state index is 14.4. The second-order valence-corrected chi connectivity index (χ2v) is 9.90. The summed E-state index contributed by atoms with van der Waals surface area (Å²) in [5, 5.41) is 0. The summed E-state index contributed by atoms with van der Waals surface area (Å²) in [5.41, 5.74) is 2.98. The first-order valence-corrected chi connectivity index (χ1v) is 13.4. The Hall–Kier alpha value is -2.80. The minimum atomic E-state index is -0.710. The Morgan fingerprint density at radius 2 is 1.72 bits per heavy atom. The quantitative estimate of drug-likeness (QED) is 0.338. The van der Waals surface area contributed by atoms with Crippen LogP contribution in [0.5, 0.6) is 0 Å². The normalized spacial score (nSPS) is 15.1. The molecule has 0 N–H and O–H groups in total. The van der Waals surface area contributed by atoms with Crippen LogP contribution in [0.25, 0.3) is 11.0 Å². The fourth-order valence-electron chi connectivity index (χ4n) is 5.17. The number of aromatic nitrogens is 2. The highest BCUT2D eigenvalue weighted by atomic mass is 19.1. The van der Waals surface area contributed by atoms with Crippen LogP contribution in [0.1, 0.15) is 80.5 Å². The van der Waals surface area contributed by atoms with Crippen molar-refractivity contribution in [1.29, 1.82) is 0 Å². The number of aryl methyl sites for hydroxylation is 1. The number of carbonyl (C=O) groups excluding carboxylic acids is 1. The molecular weight excluding hydrogens is 458 g/mol. The molecule has 0 aliphatic carbocycles. The molecule has 0 saturated carbocycles. The molecule has 0 spiro atoms. The van der Waals surface area contributed by atoms with Crippen LogP contribution in [0.4, 0.5) is 8.78 Å². The molecule has 1 aromatic heterocycles. The van der Waals surface area contributed by atoms with Gasteiger partial charge in [-0.05, 0) is 74.7 Å². The van der Waals surface area contributed by atoms with Gasteiger partial charge in [-0.2, -0.15) is 0 Å². The Balaban J connectivity index is 1.60. The van der Waals surface area contributed by atoms with Crippen molar-refractivity contribution >= 4 is 16.9 Å². The van der Waals surface area contributed by atoms with Gasteiger partial charge in [-0.15, -0.1) is 0 Å². The topological polar surface area (TPSA) is 41.4 Å². The zero-order valence-corrected chi connectivity index (χ0v) is 21.6. The summed E-state index contributed by atoms with van der Waals surface area (Å²) in [4.78, 5) is 22.3. The van der Waals surface area contributed by atoms with Crippen LogP contribution in [0.15, 0.2) is 36.4 Å². The molecule has 2 aromatic carbocycles. The number of fused-ring (bicyclic) bond motifs is 1. The van der Waals surface area contributed by atoms with Gasteiger partial charge in [0.2, 0.25) is 0 Å². The van der Waals surface area contributed by atoms with E-state index in [4.69, 9.17) is 4.98 Å². The van der Waals surface area contributed by atoms with Crippen molar-refractivity contribution in [3.63, 3.8) is 0 Å². The van der Waals surface area contributed by atoms with E-state index in [-0.39, 0.29) is 12.1 Å². The molecule has 3 aromatic rings. The van der Waals surface area contributed by atoms with Crippen molar-refractivity contribution in [3.05, 3.63) is 65.0 Å². The molecule has 0 atom stereocenters. The van der Waals surface area contributed by atoms with E-state index in [1.54, 1.807) is 4.90 Å². The van der Waals surface area contributed by atoms with Crippen molar-refractivity contribution in [2.75, 3.05) is 19.6 Å². The SMILES string of the molecule is CCCN(Cc1nc2cc(CN3CCCCCCC3)ccc2n1CCC)C(=O)c1cc(F)ccc1F. The molecule has 0 bridgehead atoms. The maximum Gasteiger partial charge on any atom is 0.257 e. The van der Waals surface area contributed by atoms with Gasteiger partial charge < -0.3 is 9.47 Å². The van der Waals surface area contributed by atoms with Gasteiger partial charge in [0, 0.05) is 19.6 Å². The molecule has 0 radical (unpaired) electrons. The lowest BCUT2D eigenvalue weighted by Gasteiger charge is -2.24. The first-order chi connectivity index (χ1) is 17.5. The highest BCUT2D eigenvalue weighted by molar-refractivity contribution is 5.94. The molecule has 1 aliphatic rings. The van der Waals surface area contributed by atoms with Crippen LogP contribution in [0.3, 0.4) is 0 Å². The lowest BCUT2D eigenvalue weighted by Crippen LogP contribution is -2.33. The Bertz CT molecular complexity index is 1170. The van der Waals surface area contributed by atoms with Gasteiger partial charge in [-0.25, -0.2) is 13.8 Å². The molecule has 194 valence electrons. The number of hydrogen-bond acceptors (Lipinski definition) is 3. The number of hydrogen-bond donors (Lipinski definition) is 0. The summed E-state index contributed by atoms with van der Waals surface area (Å²) in [6.07, 6.45) is 8.11. The summed E-state index contributed by atoms with van der Waals surface area (Å²) >= 11 is 0. The fourth-order valence-corrected chi connectivity index (χ4v) is 5.17. The minimum absolute atomic E-state index is 0.239. The Kier molecular flexibility index (Phi) is 9.08. The second kappa shape index (κ2) is 12.4. The first-order valence-electron chi connectivity index (χ1n) is 13.4. The number of rotatable bonds is 9. The monoisotopic (exact) mass is 496 g/mol. The number of amides is 1. The van der Waals surface area contributed by atoms with E-state index < -0.39 is 17.5 Å². The smallest absolute Gasteiger partial charge is 0.257 e. The van der Waals surface area contributed by atoms with E-state index in [1.165, 1.54) is 37.7 Å². The molecule has 1 amide bonds. The van der Waals surface area contributed by atoms with E-state index in [0.29, 0.717) is 13.0 Å². The third-order valence-corrected chi connectivity index (χ3v) is 6.97. The van der Waals surface area contributed by atoms with Gasteiger partial charge >= 0.3 is 0 Å².